The molecule has 1 aromatic rings. The van der Waals surface area contributed by atoms with E-state index in [9.17, 15) is 9.59 Å². The largest absolute Gasteiger partial charge is 0.382 e. The summed E-state index contributed by atoms with van der Waals surface area (Å²) < 4.78 is 7.15. The van der Waals surface area contributed by atoms with Crippen LogP contribution < -0.4 is 5.32 Å². The molecule has 0 aromatic carbocycles. The Morgan fingerprint density at radius 2 is 2.22 bits per heavy atom. The van der Waals surface area contributed by atoms with E-state index in [1.807, 2.05) is 18.5 Å². The van der Waals surface area contributed by atoms with Gasteiger partial charge < -0.3 is 15.0 Å². The minimum Gasteiger partial charge on any atom is -0.382 e. The van der Waals surface area contributed by atoms with Crippen molar-refractivity contribution in [3.05, 3.63) is 11.9 Å². The Morgan fingerprint density at radius 1 is 1.48 bits per heavy atom. The van der Waals surface area contributed by atoms with E-state index in [1.54, 1.807) is 25.1 Å². The Labute approximate surface area is 137 Å². The third-order valence-corrected chi connectivity index (χ3v) is 4.56. The van der Waals surface area contributed by atoms with Gasteiger partial charge in [-0.1, -0.05) is 0 Å². The number of carbonyl (C=O) groups is 2. The lowest BCUT2D eigenvalue weighted by Gasteiger charge is -2.37. The van der Waals surface area contributed by atoms with Crippen LogP contribution in [0.15, 0.2) is 6.20 Å². The normalized spacial score (nSPS) is 20.8. The summed E-state index contributed by atoms with van der Waals surface area (Å²) in [4.78, 5) is 26.2. The molecular weight excluding hydrogens is 296 g/mol. The molecule has 1 aromatic heterocycles. The van der Waals surface area contributed by atoms with Crippen LogP contribution in [-0.2, 0) is 20.9 Å². The molecule has 1 atom stereocenters. The van der Waals surface area contributed by atoms with Gasteiger partial charge in [0.15, 0.2) is 0 Å². The zero-order valence-corrected chi connectivity index (χ0v) is 14.4. The van der Waals surface area contributed by atoms with E-state index in [-0.39, 0.29) is 18.2 Å². The first kappa shape index (κ1) is 17.5. The molecule has 1 aliphatic heterocycles. The van der Waals surface area contributed by atoms with Crippen molar-refractivity contribution < 1.29 is 14.3 Å². The highest BCUT2D eigenvalue weighted by Gasteiger charge is 2.44. The monoisotopic (exact) mass is 322 g/mol. The van der Waals surface area contributed by atoms with E-state index in [0.29, 0.717) is 13.2 Å². The van der Waals surface area contributed by atoms with E-state index < -0.39 is 5.54 Å². The number of likely N-dealkylation sites (tertiary alicyclic amines) is 1. The molecule has 23 heavy (non-hydrogen) atoms. The number of rotatable bonds is 6. The average Bonchev–Trinajstić information content (AvgIpc) is 3.04. The van der Waals surface area contributed by atoms with Crippen LogP contribution in [0.5, 0.6) is 0 Å². The van der Waals surface area contributed by atoms with Crippen LogP contribution in [0.2, 0.25) is 0 Å². The maximum absolute atomic E-state index is 12.5. The van der Waals surface area contributed by atoms with Gasteiger partial charge >= 0.3 is 0 Å². The van der Waals surface area contributed by atoms with Gasteiger partial charge in [-0.25, -0.2) is 0 Å². The van der Waals surface area contributed by atoms with Gasteiger partial charge in [-0.2, -0.15) is 5.10 Å². The van der Waals surface area contributed by atoms with E-state index in [0.717, 1.165) is 30.8 Å². The zero-order chi connectivity index (χ0) is 17.0. The smallest absolute Gasteiger partial charge is 0.226 e. The molecule has 7 heteroatoms. The number of hydrogen-bond acceptors (Lipinski definition) is 4. The van der Waals surface area contributed by atoms with Crippen LogP contribution in [0, 0.1) is 6.92 Å². The Morgan fingerprint density at radius 3 is 2.78 bits per heavy atom. The quantitative estimate of drug-likeness (QED) is 0.862. The van der Waals surface area contributed by atoms with Gasteiger partial charge in [0.25, 0.3) is 0 Å². The van der Waals surface area contributed by atoms with Crippen LogP contribution in [0.25, 0.3) is 0 Å². The maximum atomic E-state index is 12.5. The molecular formula is C16H26N4O3. The first-order chi connectivity index (χ1) is 10.9. The molecule has 1 saturated heterocycles. The number of nitrogens with zero attached hydrogens (tertiary/aromatic N) is 3. The molecule has 0 radical (unpaired) electrons. The van der Waals surface area contributed by atoms with Gasteiger partial charge in [0.05, 0.1) is 36.1 Å². The fourth-order valence-electron chi connectivity index (χ4n) is 3.46. The molecule has 1 aliphatic rings. The van der Waals surface area contributed by atoms with Gasteiger partial charge in [0.2, 0.25) is 11.8 Å². The van der Waals surface area contributed by atoms with Crippen LogP contribution in [-0.4, -0.2) is 52.3 Å². The highest BCUT2D eigenvalue weighted by Crippen LogP contribution is 2.33. The van der Waals surface area contributed by atoms with E-state index >= 15 is 0 Å². The second kappa shape index (κ2) is 7.12. The van der Waals surface area contributed by atoms with Crippen molar-refractivity contribution in [3.63, 3.8) is 0 Å². The number of nitrogens with one attached hydrogen (secondary N) is 1. The summed E-state index contributed by atoms with van der Waals surface area (Å²) in [7, 11) is 1.60. The van der Waals surface area contributed by atoms with Crippen LogP contribution in [0.4, 0.5) is 5.69 Å². The average molecular weight is 322 g/mol. The van der Waals surface area contributed by atoms with E-state index in [4.69, 9.17) is 4.74 Å². The summed E-state index contributed by atoms with van der Waals surface area (Å²) in [6.07, 6.45) is 3.57. The predicted octanol–water partition coefficient (Wildman–Crippen LogP) is 1.57. The number of aryl methyl sites for hydroxylation is 1. The van der Waals surface area contributed by atoms with Crippen LogP contribution in [0.3, 0.4) is 0 Å². The molecule has 1 N–H and O–H groups in total. The highest BCUT2D eigenvalue weighted by atomic mass is 16.5. The van der Waals surface area contributed by atoms with E-state index in [1.165, 1.54) is 0 Å². The Bertz CT molecular complexity index is 584. The molecule has 128 valence electrons. The first-order valence-electron chi connectivity index (χ1n) is 8.03. The summed E-state index contributed by atoms with van der Waals surface area (Å²) in [5.41, 5.74) is 1.10. The van der Waals surface area contributed by atoms with Gasteiger partial charge in [-0.05, 0) is 26.7 Å². The SMILES string of the molecule is CCn1ncc(NC(=O)C[C@]2(COC)CCCN2C(C)=O)c1C. The van der Waals surface area contributed by atoms with Crippen molar-refractivity contribution >= 4 is 17.5 Å². The number of hydrogen-bond donors (Lipinski definition) is 1. The maximum Gasteiger partial charge on any atom is 0.226 e. The van der Waals surface area contributed by atoms with Gasteiger partial charge in [-0.15, -0.1) is 0 Å². The van der Waals surface area contributed by atoms with Crippen molar-refractivity contribution in [2.75, 3.05) is 25.6 Å². The van der Waals surface area contributed by atoms with Gasteiger partial charge in [0, 0.05) is 27.1 Å². The van der Waals surface area contributed by atoms with Crippen LogP contribution >= 0.6 is 0 Å². The third kappa shape index (κ3) is 3.55. The first-order valence-corrected chi connectivity index (χ1v) is 8.03. The van der Waals surface area contributed by atoms with Crippen LogP contribution in [0.1, 0.15) is 38.8 Å². The number of carbonyl (C=O) groups excluding carboxylic acids is 2. The molecule has 0 aliphatic carbocycles. The molecule has 2 amide bonds. The lowest BCUT2D eigenvalue weighted by molar-refractivity contribution is -0.136. The summed E-state index contributed by atoms with van der Waals surface area (Å²) in [6.45, 7) is 7.28. The minimum atomic E-state index is -0.542. The molecule has 0 unspecified atom stereocenters. The third-order valence-electron chi connectivity index (χ3n) is 4.56. The van der Waals surface area contributed by atoms with Crippen molar-refractivity contribution in [3.8, 4) is 0 Å². The second-order valence-electron chi connectivity index (χ2n) is 6.12. The Kier molecular flexibility index (Phi) is 5.41. The summed E-state index contributed by atoms with van der Waals surface area (Å²) in [6, 6.07) is 0. The van der Waals surface area contributed by atoms with Crippen molar-refractivity contribution in [1.29, 1.82) is 0 Å². The number of anilines is 1. The molecule has 2 rings (SSSR count). The second-order valence-corrected chi connectivity index (χ2v) is 6.12. The molecule has 7 nitrogen and oxygen atoms in total. The fourth-order valence-corrected chi connectivity index (χ4v) is 3.46. The molecule has 0 bridgehead atoms. The number of methoxy groups -OCH3 is 1. The molecule has 2 heterocycles. The van der Waals surface area contributed by atoms with E-state index in [2.05, 4.69) is 10.4 Å². The molecule has 0 saturated carbocycles. The number of aromatic nitrogens is 2. The lowest BCUT2D eigenvalue weighted by Crippen LogP contribution is -2.51. The predicted molar refractivity (Wildman–Crippen MR) is 87.1 cm³/mol. The Balaban J connectivity index is 2.12. The summed E-state index contributed by atoms with van der Waals surface area (Å²) >= 11 is 0. The standard InChI is InChI=1S/C16H26N4O3/c1-5-20-12(2)14(10-17-20)18-15(22)9-16(11-23-4)7-6-8-19(16)13(3)21/h10H,5-9,11H2,1-4H3,(H,18,22)/t16-/m0/s1. The molecule has 0 spiro atoms. The van der Waals surface area contributed by atoms with Crippen molar-refractivity contribution in [2.45, 2.75) is 52.1 Å². The number of amides is 2. The zero-order valence-electron chi connectivity index (χ0n) is 14.4. The highest BCUT2D eigenvalue weighted by molar-refractivity contribution is 5.92. The van der Waals surface area contributed by atoms with Gasteiger partial charge in [-0.3, -0.25) is 14.3 Å². The molecule has 1 fully saturated rings. The van der Waals surface area contributed by atoms with Crippen molar-refractivity contribution in [1.82, 2.24) is 14.7 Å². The fraction of sp³-hybridized carbons (Fsp3) is 0.688. The van der Waals surface area contributed by atoms with Gasteiger partial charge in [0.1, 0.15) is 0 Å². The lowest BCUT2D eigenvalue weighted by atomic mass is 9.92. The summed E-state index contributed by atoms with van der Waals surface area (Å²) in [5, 5.41) is 7.15. The topological polar surface area (TPSA) is 76.5 Å². The minimum absolute atomic E-state index is 0.0117. The van der Waals surface area contributed by atoms with Crippen molar-refractivity contribution in [2.24, 2.45) is 0 Å². The summed E-state index contributed by atoms with van der Waals surface area (Å²) in [5.74, 6) is -0.128. The number of ether oxygens (including phenoxy) is 1. The Hall–Kier alpha value is -1.89.